The summed E-state index contributed by atoms with van der Waals surface area (Å²) < 4.78 is 7.34. The molecule has 0 aliphatic carbocycles. The summed E-state index contributed by atoms with van der Waals surface area (Å²) in [4.78, 5) is 12.2. The molecule has 0 unspecified atom stereocenters. The lowest BCUT2D eigenvalue weighted by Gasteiger charge is -2.08. The minimum absolute atomic E-state index is 0.0364. The van der Waals surface area contributed by atoms with E-state index in [9.17, 15) is 10.1 Å². The number of rotatable bonds is 7. The molecule has 1 amide bonds. The van der Waals surface area contributed by atoms with Crippen LogP contribution in [0, 0.1) is 18.3 Å². The predicted octanol–water partition coefficient (Wildman–Crippen LogP) is 4.29. The number of likely N-dealkylation sites (N-methyl/N-ethyl adjacent to an activating group) is 1. The van der Waals surface area contributed by atoms with Crippen molar-refractivity contribution in [1.82, 2.24) is 15.1 Å². The van der Waals surface area contributed by atoms with E-state index in [1.807, 2.05) is 81.6 Å². The van der Waals surface area contributed by atoms with Crippen molar-refractivity contribution in [1.29, 1.82) is 5.26 Å². The molecule has 6 nitrogen and oxygen atoms in total. The van der Waals surface area contributed by atoms with Gasteiger partial charge in [0.25, 0.3) is 5.91 Å². The first-order valence-electron chi connectivity index (χ1n) is 9.86. The SMILES string of the molecule is CCNC(=O)C(C#N)=Cc1cn(-c2ccccc2)nc1-c1ccc(OCC)cc1C. The van der Waals surface area contributed by atoms with Gasteiger partial charge >= 0.3 is 0 Å². The van der Waals surface area contributed by atoms with Crippen LogP contribution in [0.5, 0.6) is 5.75 Å². The summed E-state index contributed by atoms with van der Waals surface area (Å²) in [5, 5.41) is 16.9. The molecule has 2 aromatic carbocycles. The lowest BCUT2D eigenvalue weighted by molar-refractivity contribution is -0.116. The number of hydrogen-bond donors (Lipinski definition) is 1. The molecule has 3 rings (SSSR count). The fourth-order valence-corrected chi connectivity index (χ4v) is 3.13. The van der Waals surface area contributed by atoms with Gasteiger partial charge in [-0.3, -0.25) is 4.79 Å². The number of ether oxygens (including phenoxy) is 1. The smallest absolute Gasteiger partial charge is 0.261 e. The van der Waals surface area contributed by atoms with Crippen LogP contribution in [-0.4, -0.2) is 28.8 Å². The van der Waals surface area contributed by atoms with Crippen LogP contribution >= 0.6 is 0 Å². The van der Waals surface area contributed by atoms with E-state index in [-0.39, 0.29) is 5.57 Å². The maximum atomic E-state index is 12.2. The van der Waals surface area contributed by atoms with Crippen molar-refractivity contribution in [2.75, 3.05) is 13.2 Å². The number of nitrogens with one attached hydrogen (secondary N) is 1. The van der Waals surface area contributed by atoms with Crippen LogP contribution < -0.4 is 10.1 Å². The fraction of sp³-hybridized carbons (Fsp3) is 0.208. The summed E-state index contributed by atoms with van der Waals surface area (Å²) in [6, 6.07) is 17.5. The maximum Gasteiger partial charge on any atom is 0.261 e. The van der Waals surface area contributed by atoms with Crippen molar-refractivity contribution in [3.8, 4) is 28.8 Å². The fourth-order valence-electron chi connectivity index (χ4n) is 3.13. The Balaban J connectivity index is 2.15. The van der Waals surface area contributed by atoms with Crippen molar-refractivity contribution in [2.45, 2.75) is 20.8 Å². The Labute approximate surface area is 176 Å². The molecular formula is C24H24N4O2. The molecule has 3 aromatic rings. The first-order valence-corrected chi connectivity index (χ1v) is 9.86. The van der Waals surface area contributed by atoms with Crippen LogP contribution in [0.2, 0.25) is 0 Å². The summed E-state index contributed by atoms with van der Waals surface area (Å²) in [6.07, 6.45) is 3.42. The molecule has 1 N–H and O–H groups in total. The molecule has 0 atom stereocenters. The monoisotopic (exact) mass is 400 g/mol. The lowest BCUT2D eigenvalue weighted by Crippen LogP contribution is -2.23. The molecule has 0 radical (unpaired) electrons. The summed E-state index contributed by atoms with van der Waals surface area (Å²) >= 11 is 0. The van der Waals surface area contributed by atoms with Crippen LogP contribution in [0.4, 0.5) is 0 Å². The molecule has 0 saturated carbocycles. The third kappa shape index (κ3) is 4.58. The standard InChI is InChI=1S/C24H24N4O2/c1-4-26-24(29)18(15-25)14-19-16-28(20-9-7-6-8-10-20)27-23(19)22-12-11-21(30-5-2)13-17(22)3/h6-14,16H,4-5H2,1-3H3,(H,26,29). The number of para-hydroxylation sites is 1. The van der Waals surface area contributed by atoms with E-state index in [2.05, 4.69) is 5.32 Å². The topological polar surface area (TPSA) is 79.9 Å². The van der Waals surface area contributed by atoms with Crippen LogP contribution in [0.25, 0.3) is 23.0 Å². The highest BCUT2D eigenvalue weighted by Gasteiger charge is 2.16. The van der Waals surface area contributed by atoms with Crippen molar-refractivity contribution < 1.29 is 9.53 Å². The third-order valence-electron chi connectivity index (χ3n) is 4.53. The van der Waals surface area contributed by atoms with Gasteiger partial charge in [0.15, 0.2) is 0 Å². The minimum atomic E-state index is -0.401. The maximum absolute atomic E-state index is 12.2. The van der Waals surface area contributed by atoms with Crippen LogP contribution in [0.15, 0.2) is 60.3 Å². The van der Waals surface area contributed by atoms with Gasteiger partial charge in [0, 0.05) is 23.9 Å². The zero-order valence-electron chi connectivity index (χ0n) is 17.3. The first kappa shape index (κ1) is 20.9. The molecule has 0 aliphatic heterocycles. The summed E-state index contributed by atoms with van der Waals surface area (Å²) in [7, 11) is 0. The third-order valence-corrected chi connectivity index (χ3v) is 4.53. The van der Waals surface area contributed by atoms with E-state index in [4.69, 9.17) is 9.84 Å². The number of carbonyl (C=O) groups excluding carboxylic acids is 1. The number of benzene rings is 2. The molecule has 0 bridgehead atoms. The normalized spacial score (nSPS) is 11.1. The quantitative estimate of drug-likeness (QED) is 0.474. The lowest BCUT2D eigenvalue weighted by atomic mass is 10.0. The number of amides is 1. The van der Waals surface area contributed by atoms with Gasteiger partial charge in [0.05, 0.1) is 12.3 Å². The molecule has 0 fully saturated rings. The van der Waals surface area contributed by atoms with Crippen LogP contribution in [-0.2, 0) is 4.79 Å². The zero-order valence-corrected chi connectivity index (χ0v) is 17.3. The zero-order chi connectivity index (χ0) is 21.5. The van der Waals surface area contributed by atoms with E-state index in [1.165, 1.54) is 0 Å². The molecule has 152 valence electrons. The highest BCUT2D eigenvalue weighted by molar-refractivity contribution is 6.02. The molecule has 0 spiro atoms. The average molecular weight is 400 g/mol. The van der Waals surface area contributed by atoms with Gasteiger partial charge in [0.1, 0.15) is 23.1 Å². The Morgan fingerprint density at radius 3 is 2.63 bits per heavy atom. The predicted molar refractivity (Wildman–Crippen MR) is 117 cm³/mol. The molecule has 1 heterocycles. The second-order valence-electron chi connectivity index (χ2n) is 6.65. The summed E-state index contributed by atoms with van der Waals surface area (Å²) in [5.41, 5.74) is 4.20. The molecule has 0 saturated heterocycles. The largest absolute Gasteiger partial charge is 0.494 e. The molecule has 30 heavy (non-hydrogen) atoms. The molecule has 1 aromatic heterocycles. The second-order valence-corrected chi connectivity index (χ2v) is 6.65. The Morgan fingerprint density at radius 2 is 2.00 bits per heavy atom. The number of carbonyl (C=O) groups is 1. The van der Waals surface area contributed by atoms with E-state index in [0.29, 0.717) is 24.4 Å². The Morgan fingerprint density at radius 1 is 1.23 bits per heavy atom. The van der Waals surface area contributed by atoms with E-state index < -0.39 is 5.91 Å². The van der Waals surface area contributed by atoms with Crippen molar-refractivity contribution >= 4 is 12.0 Å². The highest BCUT2D eigenvalue weighted by atomic mass is 16.5. The number of nitrogens with zero attached hydrogens (tertiary/aromatic N) is 3. The number of nitriles is 1. The van der Waals surface area contributed by atoms with Gasteiger partial charge in [-0.25, -0.2) is 4.68 Å². The van der Waals surface area contributed by atoms with Crippen LogP contribution in [0.1, 0.15) is 25.0 Å². The van der Waals surface area contributed by atoms with E-state index >= 15 is 0 Å². The number of hydrogen-bond acceptors (Lipinski definition) is 4. The van der Waals surface area contributed by atoms with Gasteiger partial charge in [-0.15, -0.1) is 0 Å². The van der Waals surface area contributed by atoms with Crippen molar-refractivity contribution in [2.24, 2.45) is 0 Å². The van der Waals surface area contributed by atoms with E-state index in [0.717, 1.165) is 22.6 Å². The van der Waals surface area contributed by atoms with Crippen molar-refractivity contribution in [3.05, 3.63) is 71.4 Å². The summed E-state index contributed by atoms with van der Waals surface area (Å²) in [5.74, 6) is 0.389. The Hall–Kier alpha value is -3.85. The van der Waals surface area contributed by atoms with Gasteiger partial charge in [-0.05, 0) is 62.7 Å². The van der Waals surface area contributed by atoms with Gasteiger partial charge in [0.2, 0.25) is 0 Å². The molecule has 0 aliphatic rings. The summed E-state index contributed by atoms with van der Waals surface area (Å²) in [6.45, 7) is 6.79. The van der Waals surface area contributed by atoms with Crippen molar-refractivity contribution in [3.63, 3.8) is 0 Å². The second kappa shape index (κ2) is 9.57. The van der Waals surface area contributed by atoms with Gasteiger partial charge in [-0.1, -0.05) is 18.2 Å². The average Bonchev–Trinajstić information content (AvgIpc) is 3.16. The Kier molecular flexibility index (Phi) is 6.66. The number of aromatic nitrogens is 2. The van der Waals surface area contributed by atoms with Gasteiger partial charge < -0.3 is 10.1 Å². The van der Waals surface area contributed by atoms with Crippen LogP contribution in [0.3, 0.4) is 0 Å². The minimum Gasteiger partial charge on any atom is -0.494 e. The van der Waals surface area contributed by atoms with Gasteiger partial charge in [-0.2, -0.15) is 10.4 Å². The molecule has 6 heteroatoms. The Bertz CT molecular complexity index is 1110. The van der Waals surface area contributed by atoms with E-state index in [1.54, 1.807) is 10.8 Å². The highest BCUT2D eigenvalue weighted by Crippen LogP contribution is 2.30. The number of aryl methyl sites for hydroxylation is 1. The first-order chi connectivity index (χ1) is 14.6. The molecular weight excluding hydrogens is 376 g/mol.